The molecule has 0 saturated carbocycles. The molecular formula is C21H32N2O3S. The molecule has 1 aromatic rings. The molecule has 150 valence electrons. The molecule has 2 heterocycles. The number of hydrogen-bond acceptors (Lipinski definition) is 3. The fourth-order valence-electron chi connectivity index (χ4n) is 4.12. The molecule has 5 nitrogen and oxygen atoms in total. The highest BCUT2D eigenvalue weighted by molar-refractivity contribution is 7.89. The van der Waals surface area contributed by atoms with E-state index in [1.165, 1.54) is 6.42 Å². The lowest BCUT2D eigenvalue weighted by molar-refractivity contribution is -0.133. The predicted octanol–water partition coefficient (Wildman–Crippen LogP) is 3.44. The number of carbonyl (C=O) groups is 1. The number of benzene rings is 1. The van der Waals surface area contributed by atoms with Gasteiger partial charge in [0.25, 0.3) is 0 Å². The number of hydrogen-bond donors (Lipinski definition) is 0. The first kappa shape index (κ1) is 20.3. The van der Waals surface area contributed by atoms with Gasteiger partial charge in [-0.3, -0.25) is 4.79 Å². The van der Waals surface area contributed by atoms with Gasteiger partial charge in [0.15, 0.2) is 0 Å². The maximum atomic E-state index is 12.7. The monoisotopic (exact) mass is 392 g/mol. The zero-order valence-corrected chi connectivity index (χ0v) is 17.2. The molecule has 27 heavy (non-hydrogen) atoms. The molecule has 1 amide bonds. The van der Waals surface area contributed by atoms with Gasteiger partial charge in [0.1, 0.15) is 0 Å². The van der Waals surface area contributed by atoms with Crippen molar-refractivity contribution in [3.8, 4) is 0 Å². The number of likely N-dealkylation sites (tertiary alicyclic amines) is 1. The molecule has 0 radical (unpaired) electrons. The van der Waals surface area contributed by atoms with E-state index in [0.29, 0.717) is 36.7 Å². The lowest BCUT2D eigenvalue weighted by Gasteiger charge is -2.32. The van der Waals surface area contributed by atoms with Crippen LogP contribution in [0.1, 0.15) is 57.4 Å². The Morgan fingerprint density at radius 3 is 2.41 bits per heavy atom. The highest BCUT2D eigenvalue weighted by atomic mass is 32.2. The van der Waals surface area contributed by atoms with Crippen LogP contribution >= 0.6 is 0 Å². The average molecular weight is 393 g/mol. The normalized spacial score (nSPS) is 22.0. The smallest absolute Gasteiger partial charge is 0.243 e. The van der Waals surface area contributed by atoms with Gasteiger partial charge >= 0.3 is 0 Å². The second-order valence-corrected chi connectivity index (χ2v) is 9.80. The molecule has 1 aromatic carbocycles. The second kappa shape index (κ2) is 9.20. The Morgan fingerprint density at radius 2 is 1.74 bits per heavy atom. The van der Waals surface area contributed by atoms with Gasteiger partial charge in [0, 0.05) is 32.6 Å². The number of carbonyl (C=O) groups excluding carboxylic acids is 1. The second-order valence-electron chi connectivity index (χ2n) is 7.86. The van der Waals surface area contributed by atoms with Crippen molar-refractivity contribution in [3.63, 3.8) is 0 Å². The highest BCUT2D eigenvalue weighted by Crippen LogP contribution is 2.22. The van der Waals surface area contributed by atoms with Crippen molar-refractivity contribution in [3.05, 3.63) is 29.8 Å². The SMILES string of the molecule is CCC1CCCN(C(=O)CCc2ccc(S(=O)(=O)N3CCCCC3)cc2)C1. The maximum absolute atomic E-state index is 12.7. The van der Waals surface area contributed by atoms with E-state index >= 15 is 0 Å². The minimum Gasteiger partial charge on any atom is -0.342 e. The summed E-state index contributed by atoms with van der Waals surface area (Å²) in [5.41, 5.74) is 1.02. The van der Waals surface area contributed by atoms with E-state index in [0.717, 1.165) is 50.8 Å². The molecule has 1 atom stereocenters. The van der Waals surface area contributed by atoms with Crippen LogP contribution in [0.3, 0.4) is 0 Å². The number of aryl methyl sites for hydroxylation is 1. The quantitative estimate of drug-likeness (QED) is 0.745. The summed E-state index contributed by atoms with van der Waals surface area (Å²) < 4.78 is 27.0. The van der Waals surface area contributed by atoms with Gasteiger partial charge in [-0.25, -0.2) is 8.42 Å². The summed E-state index contributed by atoms with van der Waals surface area (Å²) in [6, 6.07) is 7.10. The van der Waals surface area contributed by atoms with Gasteiger partial charge in [0.05, 0.1) is 4.90 Å². The third-order valence-electron chi connectivity index (χ3n) is 5.95. The summed E-state index contributed by atoms with van der Waals surface area (Å²) in [4.78, 5) is 14.9. The van der Waals surface area contributed by atoms with Crippen LogP contribution in [0.25, 0.3) is 0 Å². The molecule has 0 N–H and O–H groups in total. The van der Waals surface area contributed by atoms with Gasteiger partial charge in [-0.1, -0.05) is 31.9 Å². The predicted molar refractivity (Wildman–Crippen MR) is 107 cm³/mol. The van der Waals surface area contributed by atoms with Gasteiger partial charge in [-0.2, -0.15) is 4.31 Å². The topological polar surface area (TPSA) is 57.7 Å². The number of amides is 1. The van der Waals surface area contributed by atoms with Crippen LogP contribution in [0.5, 0.6) is 0 Å². The number of piperidine rings is 2. The fourth-order valence-corrected chi connectivity index (χ4v) is 5.63. The minimum atomic E-state index is -3.38. The van der Waals surface area contributed by atoms with Crippen molar-refractivity contribution in [2.24, 2.45) is 5.92 Å². The first-order chi connectivity index (χ1) is 13.0. The lowest BCUT2D eigenvalue weighted by atomic mass is 9.95. The molecule has 6 heteroatoms. The van der Waals surface area contributed by atoms with Crippen molar-refractivity contribution in [1.29, 1.82) is 0 Å². The van der Waals surface area contributed by atoms with Crippen LogP contribution in [0, 0.1) is 5.92 Å². The van der Waals surface area contributed by atoms with Crippen LogP contribution < -0.4 is 0 Å². The molecule has 1 unspecified atom stereocenters. The molecule has 0 aliphatic carbocycles. The molecule has 0 bridgehead atoms. The zero-order chi connectivity index (χ0) is 19.3. The summed E-state index contributed by atoms with van der Waals surface area (Å²) in [5, 5.41) is 0. The van der Waals surface area contributed by atoms with Gasteiger partial charge in [0.2, 0.25) is 15.9 Å². The molecule has 2 saturated heterocycles. The molecule has 0 spiro atoms. The molecule has 2 fully saturated rings. The van der Waals surface area contributed by atoms with E-state index in [9.17, 15) is 13.2 Å². The summed E-state index contributed by atoms with van der Waals surface area (Å²) in [7, 11) is -3.38. The third kappa shape index (κ3) is 5.11. The lowest BCUT2D eigenvalue weighted by Crippen LogP contribution is -2.39. The van der Waals surface area contributed by atoms with Crippen LogP contribution in [-0.2, 0) is 21.2 Å². The van der Waals surface area contributed by atoms with Crippen molar-refractivity contribution in [2.45, 2.75) is 63.2 Å². The number of rotatable bonds is 6. The van der Waals surface area contributed by atoms with E-state index in [2.05, 4.69) is 6.92 Å². The van der Waals surface area contributed by atoms with Crippen LogP contribution in [0.4, 0.5) is 0 Å². The molecule has 2 aliphatic heterocycles. The van der Waals surface area contributed by atoms with Crippen molar-refractivity contribution in [1.82, 2.24) is 9.21 Å². The Morgan fingerprint density at radius 1 is 1.04 bits per heavy atom. The fraction of sp³-hybridized carbons (Fsp3) is 0.667. The van der Waals surface area contributed by atoms with E-state index in [1.54, 1.807) is 16.4 Å². The Labute approximate surface area is 163 Å². The van der Waals surface area contributed by atoms with E-state index in [1.807, 2.05) is 17.0 Å². The van der Waals surface area contributed by atoms with E-state index in [-0.39, 0.29) is 5.91 Å². The average Bonchev–Trinajstić information content (AvgIpc) is 2.73. The van der Waals surface area contributed by atoms with E-state index < -0.39 is 10.0 Å². The summed E-state index contributed by atoms with van der Waals surface area (Å²) >= 11 is 0. The first-order valence-electron chi connectivity index (χ1n) is 10.4. The minimum absolute atomic E-state index is 0.221. The third-order valence-corrected chi connectivity index (χ3v) is 7.87. The highest BCUT2D eigenvalue weighted by Gasteiger charge is 2.26. The van der Waals surface area contributed by atoms with Gasteiger partial charge in [-0.05, 0) is 55.7 Å². The Kier molecular flexibility index (Phi) is 6.93. The zero-order valence-electron chi connectivity index (χ0n) is 16.4. The number of sulfonamides is 1. The largest absolute Gasteiger partial charge is 0.342 e. The first-order valence-corrected chi connectivity index (χ1v) is 11.8. The van der Waals surface area contributed by atoms with Gasteiger partial charge in [-0.15, -0.1) is 0 Å². The Hall–Kier alpha value is -1.40. The standard InChI is InChI=1S/C21H32N2O3S/c1-2-18-7-6-14-22(17-18)21(24)13-10-19-8-11-20(12-9-19)27(25,26)23-15-4-3-5-16-23/h8-9,11-12,18H,2-7,10,13-17H2,1H3. The molecule has 2 aliphatic rings. The van der Waals surface area contributed by atoms with Crippen LogP contribution in [-0.4, -0.2) is 49.7 Å². The summed E-state index contributed by atoms with van der Waals surface area (Å²) in [6.45, 7) is 5.20. The maximum Gasteiger partial charge on any atom is 0.243 e. The molecule has 0 aromatic heterocycles. The Bertz CT molecular complexity index is 724. The molecule has 3 rings (SSSR count). The Balaban J connectivity index is 1.55. The molecular weight excluding hydrogens is 360 g/mol. The van der Waals surface area contributed by atoms with Crippen molar-refractivity contribution in [2.75, 3.05) is 26.2 Å². The van der Waals surface area contributed by atoms with Crippen molar-refractivity contribution >= 4 is 15.9 Å². The van der Waals surface area contributed by atoms with Gasteiger partial charge < -0.3 is 4.90 Å². The number of nitrogens with zero attached hydrogens (tertiary/aromatic N) is 2. The summed E-state index contributed by atoms with van der Waals surface area (Å²) in [6.07, 6.45) is 7.61. The van der Waals surface area contributed by atoms with Crippen LogP contribution in [0.15, 0.2) is 29.2 Å². The van der Waals surface area contributed by atoms with E-state index in [4.69, 9.17) is 0 Å². The van der Waals surface area contributed by atoms with Crippen LogP contribution in [0.2, 0.25) is 0 Å². The summed E-state index contributed by atoms with van der Waals surface area (Å²) in [5.74, 6) is 0.861. The van der Waals surface area contributed by atoms with Crippen molar-refractivity contribution < 1.29 is 13.2 Å².